The minimum Gasteiger partial charge on any atom is -0.495 e. The normalized spacial score (nSPS) is 13.6. The average molecular weight is 285 g/mol. The van der Waals surface area contributed by atoms with E-state index >= 15 is 0 Å². The molecule has 5 heteroatoms. The van der Waals surface area contributed by atoms with Gasteiger partial charge < -0.3 is 23.9 Å². The Balaban J connectivity index is 2.15. The van der Waals surface area contributed by atoms with Crippen molar-refractivity contribution in [3.8, 4) is 23.0 Å². The summed E-state index contributed by atoms with van der Waals surface area (Å²) < 4.78 is 22.4. The molecular weight excluding hydrogens is 270 g/mol. The van der Waals surface area contributed by atoms with Gasteiger partial charge in [-0.25, -0.2) is 0 Å². The summed E-state index contributed by atoms with van der Waals surface area (Å²) in [5.74, 6) is 2.84. The molecule has 0 saturated carbocycles. The molecule has 1 N–H and O–H groups in total. The van der Waals surface area contributed by atoms with Crippen LogP contribution in [-0.2, 0) is 0 Å². The van der Waals surface area contributed by atoms with Crippen LogP contribution in [0.5, 0.6) is 23.0 Å². The van der Waals surface area contributed by atoms with Crippen LogP contribution in [0.4, 0.5) is 0 Å². The summed E-state index contributed by atoms with van der Waals surface area (Å²) in [6.45, 7) is 1.06. The quantitative estimate of drug-likeness (QED) is 0.786. The van der Waals surface area contributed by atoms with Crippen LogP contribution in [0.15, 0.2) is 24.3 Å². The second-order valence-electron chi connectivity index (χ2n) is 4.86. The molecule has 0 saturated heterocycles. The maximum Gasteiger partial charge on any atom is 0.205 e. The smallest absolute Gasteiger partial charge is 0.205 e. The number of H-pyrrole nitrogens is 1. The summed E-state index contributed by atoms with van der Waals surface area (Å²) >= 11 is 0. The zero-order chi connectivity index (χ0) is 14.4. The number of benzene rings is 2. The molecule has 2 aromatic carbocycles. The van der Waals surface area contributed by atoms with E-state index in [2.05, 4.69) is 4.98 Å². The molecule has 3 aromatic rings. The number of para-hydroxylation sites is 1. The summed E-state index contributed by atoms with van der Waals surface area (Å²) in [4.78, 5) is 3.39. The average Bonchev–Trinajstić information content (AvgIpc) is 2.92. The molecule has 1 aromatic heterocycles. The fourth-order valence-corrected chi connectivity index (χ4v) is 2.85. The Bertz CT molecular complexity index is 837. The molecule has 1 aliphatic heterocycles. The van der Waals surface area contributed by atoms with E-state index < -0.39 is 0 Å². The number of aromatic nitrogens is 1. The highest BCUT2D eigenvalue weighted by molar-refractivity contribution is 6.12. The van der Waals surface area contributed by atoms with Crippen LogP contribution in [-0.4, -0.2) is 32.4 Å². The lowest BCUT2D eigenvalue weighted by molar-refractivity contribution is 0.167. The number of fused-ring (bicyclic) bond motifs is 5. The van der Waals surface area contributed by atoms with Crippen molar-refractivity contribution < 1.29 is 18.9 Å². The van der Waals surface area contributed by atoms with Crippen LogP contribution in [0.1, 0.15) is 0 Å². The zero-order valence-electron chi connectivity index (χ0n) is 11.9. The molecule has 0 unspecified atom stereocenters. The third kappa shape index (κ3) is 1.63. The lowest BCUT2D eigenvalue weighted by Gasteiger charge is -2.21. The minimum absolute atomic E-state index is 0.526. The number of nitrogens with one attached hydrogen (secondary N) is 1. The van der Waals surface area contributed by atoms with Gasteiger partial charge in [0.05, 0.1) is 25.3 Å². The van der Waals surface area contributed by atoms with Gasteiger partial charge in [-0.2, -0.15) is 0 Å². The molecule has 21 heavy (non-hydrogen) atoms. The van der Waals surface area contributed by atoms with Crippen molar-refractivity contribution >= 4 is 21.8 Å². The van der Waals surface area contributed by atoms with Crippen LogP contribution in [0.2, 0.25) is 0 Å². The number of hydrogen-bond acceptors (Lipinski definition) is 4. The molecular formula is C16H15NO4. The van der Waals surface area contributed by atoms with Crippen molar-refractivity contribution in [1.82, 2.24) is 4.98 Å². The first-order valence-corrected chi connectivity index (χ1v) is 6.78. The molecule has 0 fully saturated rings. The summed E-state index contributed by atoms with van der Waals surface area (Å²) in [5.41, 5.74) is 1.85. The largest absolute Gasteiger partial charge is 0.495 e. The van der Waals surface area contributed by atoms with Gasteiger partial charge in [-0.3, -0.25) is 0 Å². The molecule has 5 nitrogen and oxygen atoms in total. The zero-order valence-corrected chi connectivity index (χ0v) is 11.9. The third-order valence-corrected chi connectivity index (χ3v) is 3.78. The molecule has 0 aliphatic carbocycles. The maximum atomic E-state index is 5.81. The van der Waals surface area contributed by atoms with E-state index in [1.165, 1.54) is 0 Å². The van der Waals surface area contributed by atoms with E-state index in [1.54, 1.807) is 14.2 Å². The Labute approximate surface area is 121 Å². The molecule has 2 heterocycles. The van der Waals surface area contributed by atoms with Crippen molar-refractivity contribution in [2.45, 2.75) is 0 Å². The van der Waals surface area contributed by atoms with Crippen molar-refractivity contribution in [2.24, 2.45) is 0 Å². The van der Waals surface area contributed by atoms with Crippen molar-refractivity contribution in [2.75, 3.05) is 27.4 Å². The first-order chi connectivity index (χ1) is 10.3. The van der Waals surface area contributed by atoms with Crippen LogP contribution < -0.4 is 18.9 Å². The van der Waals surface area contributed by atoms with Gasteiger partial charge in [-0.15, -0.1) is 0 Å². The number of rotatable bonds is 2. The fourth-order valence-electron chi connectivity index (χ4n) is 2.85. The van der Waals surface area contributed by atoms with E-state index in [0.29, 0.717) is 30.5 Å². The van der Waals surface area contributed by atoms with E-state index in [4.69, 9.17) is 18.9 Å². The first kappa shape index (κ1) is 12.2. The number of aromatic amines is 1. The maximum absolute atomic E-state index is 5.81. The number of ether oxygens (including phenoxy) is 4. The first-order valence-electron chi connectivity index (χ1n) is 6.78. The van der Waals surface area contributed by atoms with Gasteiger partial charge in [0.25, 0.3) is 0 Å². The van der Waals surface area contributed by atoms with Gasteiger partial charge in [0.2, 0.25) is 5.75 Å². The van der Waals surface area contributed by atoms with Gasteiger partial charge in [0, 0.05) is 10.8 Å². The summed E-state index contributed by atoms with van der Waals surface area (Å²) in [5, 5.41) is 2.10. The fraction of sp³-hybridized carbons (Fsp3) is 0.250. The van der Waals surface area contributed by atoms with Crippen molar-refractivity contribution in [3.05, 3.63) is 24.3 Å². The Morgan fingerprint density at radius 1 is 0.905 bits per heavy atom. The molecule has 0 atom stereocenters. The summed E-state index contributed by atoms with van der Waals surface area (Å²) in [6, 6.07) is 7.92. The van der Waals surface area contributed by atoms with Gasteiger partial charge in [-0.05, 0) is 12.1 Å². The van der Waals surface area contributed by atoms with Crippen LogP contribution in [0, 0.1) is 0 Å². The Kier molecular flexibility index (Phi) is 2.60. The standard InChI is InChI=1S/C16H15NO4/c1-18-11-5-3-4-9-10-8-12(19-2)15-16(21-7-6-20-15)14(10)17-13(9)11/h3-5,8,17H,6-7H2,1-2H3. The SMILES string of the molecule is COc1cc2c([nH]c3c(OC)cccc32)c2c1OCCO2. The Morgan fingerprint density at radius 2 is 1.67 bits per heavy atom. The lowest BCUT2D eigenvalue weighted by Crippen LogP contribution is -2.16. The van der Waals surface area contributed by atoms with Gasteiger partial charge in [-0.1, -0.05) is 12.1 Å². The van der Waals surface area contributed by atoms with Crippen molar-refractivity contribution in [3.63, 3.8) is 0 Å². The van der Waals surface area contributed by atoms with E-state index in [9.17, 15) is 0 Å². The van der Waals surface area contributed by atoms with Crippen molar-refractivity contribution in [1.29, 1.82) is 0 Å². The molecule has 1 aliphatic rings. The third-order valence-electron chi connectivity index (χ3n) is 3.78. The van der Waals surface area contributed by atoms with Gasteiger partial charge in [0.15, 0.2) is 11.5 Å². The predicted octanol–water partition coefficient (Wildman–Crippen LogP) is 3.11. The second-order valence-corrected chi connectivity index (χ2v) is 4.86. The van der Waals surface area contributed by atoms with Gasteiger partial charge in [0.1, 0.15) is 19.0 Å². The van der Waals surface area contributed by atoms with E-state index in [1.807, 2.05) is 24.3 Å². The highest BCUT2D eigenvalue weighted by atomic mass is 16.6. The molecule has 0 bridgehead atoms. The second kappa shape index (κ2) is 4.48. The molecule has 0 radical (unpaired) electrons. The number of hydrogen-bond donors (Lipinski definition) is 1. The predicted molar refractivity (Wildman–Crippen MR) is 79.9 cm³/mol. The molecule has 108 valence electrons. The monoisotopic (exact) mass is 285 g/mol. The van der Waals surface area contributed by atoms with Crippen LogP contribution in [0.3, 0.4) is 0 Å². The molecule has 0 amide bonds. The highest BCUT2D eigenvalue weighted by Crippen LogP contribution is 2.47. The molecule has 4 rings (SSSR count). The highest BCUT2D eigenvalue weighted by Gasteiger charge is 2.23. The van der Waals surface area contributed by atoms with Crippen LogP contribution in [0.25, 0.3) is 21.8 Å². The number of methoxy groups -OCH3 is 2. The molecule has 0 spiro atoms. The topological polar surface area (TPSA) is 52.7 Å². The summed E-state index contributed by atoms with van der Waals surface area (Å²) in [7, 11) is 3.30. The van der Waals surface area contributed by atoms with E-state index in [-0.39, 0.29) is 0 Å². The Hall–Kier alpha value is -2.56. The summed E-state index contributed by atoms with van der Waals surface area (Å²) in [6.07, 6.45) is 0. The minimum atomic E-state index is 0.526. The van der Waals surface area contributed by atoms with E-state index in [0.717, 1.165) is 27.6 Å². The van der Waals surface area contributed by atoms with Crippen LogP contribution >= 0.6 is 0 Å². The Morgan fingerprint density at radius 3 is 2.43 bits per heavy atom. The lowest BCUT2D eigenvalue weighted by atomic mass is 10.1. The van der Waals surface area contributed by atoms with Gasteiger partial charge >= 0.3 is 0 Å².